The number of carbonyl (C=O) groups excluding carboxylic acids is 2. The minimum Gasteiger partial charge on any atom is -0.550 e. The molecule has 0 heterocycles. The molecule has 0 atom stereocenters. The molecular weight excluding hydrogens is 355 g/mol. The quantitative estimate of drug-likeness (QED) is 0.246. The van der Waals surface area contributed by atoms with E-state index in [9.17, 15) is 14.7 Å². The monoisotopic (exact) mass is 384 g/mol. The standard InChI is InChI=1S/C21H30O5.Na/c1-2-18-9-11-19(12-10-18)17-25-15-7-5-3-4-6-8-16-26-21(24)14-13-20(22)23;/h2,9-12H,1,3-8,13-17H2,(H,22,23);/q;+1/p-1. The number of unbranched alkanes of at least 4 members (excludes halogenated alkanes) is 5. The second kappa shape index (κ2) is 17.0. The molecule has 0 fully saturated rings. The Balaban J connectivity index is 0.00000676. The minimum absolute atomic E-state index is 0. The van der Waals surface area contributed by atoms with Crippen molar-refractivity contribution in [2.24, 2.45) is 0 Å². The molecule has 0 saturated carbocycles. The van der Waals surface area contributed by atoms with Crippen molar-refractivity contribution in [1.29, 1.82) is 0 Å². The normalized spacial score (nSPS) is 10.1. The second-order valence-corrected chi connectivity index (χ2v) is 6.21. The van der Waals surface area contributed by atoms with E-state index in [0.717, 1.165) is 50.7 Å². The van der Waals surface area contributed by atoms with Gasteiger partial charge in [0.25, 0.3) is 0 Å². The fourth-order valence-corrected chi connectivity index (χ4v) is 2.42. The Kier molecular flexibility index (Phi) is 16.3. The second-order valence-electron chi connectivity index (χ2n) is 6.21. The van der Waals surface area contributed by atoms with E-state index in [1.54, 1.807) is 0 Å². The Hall–Kier alpha value is -1.14. The van der Waals surface area contributed by atoms with Gasteiger partial charge in [0.15, 0.2) is 0 Å². The Bertz CT molecular complexity index is 542. The van der Waals surface area contributed by atoms with Crippen molar-refractivity contribution < 1.29 is 53.7 Å². The maximum Gasteiger partial charge on any atom is 1.00 e. The summed E-state index contributed by atoms with van der Waals surface area (Å²) in [4.78, 5) is 21.4. The van der Waals surface area contributed by atoms with Crippen LogP contribution in [0, 0.1) is 0 Å². The van der Waals surface area contributed by atoms with Gasteiger partial charge in [0.05, 0.1) is 19.6 Å². The molecule has 6 heteroatoms. The first kappa shape index (κ1) is 25.9. The number of aliphatic carboxylic acids is 1. The molecule has 0 aromatic heterocycles. The third-order valence-electron chi connectivity index (χ3n) is 3.96. The number of hydrogen-bond donors (Lipinski definition) is 0. The van der Waals surface area contributed by atoms with Crippen molar-refractivity contribution in [1.82, 2.24) is 0 Å². The molecule has 0 aliphatic rings. The first-order valence-corrected chi connectivity index (χ1v) is 9.26. The fraction of sp³-hybridized carbons (Fsp3) is 0.524. The van der Waals surface area contributed by atoms with Crippen LogP contribution in [0.25, 0.3) is 6.08 Å². The van der Waals surface area contributed by atoms with Gasteiger partial charge in [0.2, 0.25) is 0 Å². The Morgan fingerprint density at radius 1 is 0.926 bits per heavy atom. The molecule has 0 amide bonds. The van der Waals surface area contributed by atoms with E-state index in [2.05, 4.69) is 18.7 Å². The first-order chi connectivity index (χ1) is 12.6. The van der Waals surface area contributed by atoms with E-state index in [4.69, 9.17) is 9.47 Å². The molecule has 0 unspecified atom stereocenters. The van der Waals surface area contributed by atoms with Gasteiger partial charge < -0.3 is 19.4 Å². The minimum atomic E-state index is -1.23. The molecule has 0 radical (unpaired) electrons. The van der Waals surface area contributed by atoms with Crippen LogP contribution in [-0.2, 0) is 25.7 Å². The third kappa shape index (κ3) is 14.6. The molecule has 27 heavy (non-hydrogen) atoms. The molecule has 1 aromatic carbocycles. The summed E-state index contributed by atoms with van der Waals surface area (Å²) in [6.45, 7) is 5.50. The van der Waals surface area contributed by atoms with Gasteiger partial charge in [0.1, 0.15) is 0 Å². The predicted octanol–water partition coefficient (Wildman–Crippen LogP) is 0.264. The molecule has 0 spiro atoms. The third-order valence-corrected chi connectivity index (χ3v) is 3.96. The average Bonchev–Trinajstić information content (AvgIpc) is 2.64. The van der Waals surface area contributed by atoms with E-state index in [1.165, 1.54) is 5.56 Å². The van der Waals surface area contributed by atoms with E-state index in [-0.39, 0.29) is 42.4 Å². The Labute approximate surface area is 184 Å². The molecule has 0 saturated heterocycles. The number of carboxylic acid groups (broad SMARTS) is 1. The molecule has 0 aliphatic heterocycles. The summed E-state index contributed by atoms with van der Waals surface area (Å²) in [6, 6.07) is 8.18. The predicted molar refractivity (Wildman–Crippen MR) is 99.1 cm³/mol. The summed E-state index contributed by atoms with van der Waals surface area (Å²) in [7, 11) is 0. The number of esters is 1. The molecule has 1 aromatic rings. The van der Waals surface area contributed by atoms with Gasteiger partial charge in [0, 0.05) is 12.6 Å². The zero-order valence-corrected chi connectivity index (χ0v) is 18.4. The van der Waals surface area contributed by atoms with Crippen LogP contribution in [0.1, 0.15) is 62.5 Å². The van der Waals surface area contributed by atoms with Crippen LogP contribution in [0.4, 0.5) is 0 Å². The van der Waals surface area contributed by atoms with Crippen LogP contribution >= 0.6 is 0 Å². The SMILES string of the molecule is C=Cc1ccc(COCCCCCCCCOC(=O)CCC(=O)[O-])cc1.[Na+]. The molecule has 144 valence electrons. The van der Waals surface area contributed by atoms with Crippen LogP contribution in [0.2, 0.25) is 0 Å². The number of ether oxygens (including phenoxy) is 2. The summed E-state index contributed by atoms with van der Waals surface area (Å²) in [5.41, 5.74) is 2.28. The van der Waals surface area contributed by atoms with Crippen molar-refractivity contribution >= 4 is 18.0 Å². The summed E-state index contributed by atoms with van der Waals surface area (Å²) < 4.78 is 10.6. The summed E-state index contributed by atoms with van der Waals surface area (Å²) in [6.07, 6.45) is 7.66. The number of carboxylic acids is 1. The van der Waals surface area contributed by atoms with Gasteiger partial charge in [-0.2, -0.15) is 0 Å². The van der Waals surface area contributed by atoms with Crippen LogP contribution in [-0.4, -0.2) is 25.2 Å². The van der Waals surface area contributed by atoms with E-state index >= 15 is 0 Å². The Morgan fingerprint density at radius 3 is 2.11 bits per heavy atom. The van der Waals surface area contributed by atoms with Gasteiger partial charge in [-0.15, -0.1) is 0 Å². The zero-order valence-electron chi connectivity index (χ0n) is 16.4. The molecule has 0 bridgehead atoms. The summed E-state index contributed by atoms with van der Waals surface area (Å²) in [5.74, 6) is -1.69. The van der Waals surface area contributed by atoms with Crippen molar-refractivity contribution in [3.8, 4) is 0 Å². The zero-order chi connectivity index (χ0) is 19.0. The maximum atomic E-state index is 11.2. The molecule has 5 nitrogen and oxygen atoms in total. The summed E-state index contributed by atoms with van der Waals surface area (Å²) in [5, 5.41) is 10.2. The number of benzene rings is 1. The summed E-state index contributed by atoms with van der Waals surface area (Å²) >= 11 is 0. The van der Waals surface area contributed by atoms with Crippen molar-refractivity contribution in [2.75, 3.05) is 13.2 Å². The smallest absolute Gasteiger partial charge is 0.550 e. The Morgan fingerprint density at radius 2 is 1.52 bits per heavy atom. The molecular formula is C21H29NaO5. The van der Waals surface area contributed by atoms with Gasteiger partial charge in [-0.25, -0.2) is 0 Å². The first-order valence-electron chi connectivity index (χ1n) is 9.26. The van der Waals surface area contributed by atoms with Crippen LogP contribution < -0.4 is 34.7 Å². The van der Waals surface area contributed by atoms with Gasteiger partial charge >= 0.3 is 35.5 Å². The largest absolute Gasteiger partial charge is 1.00 e. The average molecular weight is 384 g/mol. The molecule has 0 N–H and O–H groups in total. The van der Waals surface area contributed by atoms with Gasteiger partial charge in [-0.3, -0.25) is 4.79 Å². The number of carbonyl (C=O) groups is 2. The van der Waals surface area contributed by atoms with Crippen molar-refractivity contribution in [3.05, 3.63) is 42.0 Å². The maximum absolute atomic E-state index is 11.2. The van der Waals surface area contributed by atoms with E-state index in [1.807, 2.05) is 18.2 Å². The number of hydrogen-bond acceptors (Lipinski definition) is 5. The van der Waals surface area contributed by atoms with Crippen LogP contribution in [0.15, 0.2) is 30.8 Å². The topological polar surface area (TPSA) is 75.7 Å². The van der Waals surface area contributed by atoms with Gasteiger partial charge in [-0.05, 0) is 30.4 Å². The van der Waals surface area contributed by atoms with Crippen LogP contribution in [0.5, 0.6) is 0 Å². The fourth-order valence-electron chi connectivity index (χ4n) is 2.42. The van der Waals surface area contributed by atoms with Crippen molar-refractivity contribution in [2.45, 2.75) is 58.0 Å². The molecule has 0 aliphatic carbocycles. The van der Waals surface area contributed by atoms with Gasteiger partial charge in [-0.1, -0.05) is 62.6 Å². The van der Waals surface area contributed by atoms with E-state index < -0.39 is 11.9 Å². The van der Waals surface area contributed by atoms with E-state index in [0.29, 0.717) is 13.2 Å². The molecule has 1 rings (SSSR count). The van der Waals surface area contributed by atoms with Crippen molar-refractivity contribution in [3.63, 3.8) is 0 Å². The number of rotatable bonds is 15. The van der Waals surface area contributed by atoms with Crippen LogP contribution in [0.3, 0.4) is 0 Å².